The van der Waals surface area contributed by atoms with Gasteiger partial charge in [-0.3, -0.25) is 0 Å². The Morgan fingerprint density at radius 1 is 1.25 bits per heavy atom. The average molecular weight is 283 g/mol. The van der Waals surface area contributed by atoms with E-state index in [1.54, 1.807) is 12.1 Å². The molecule has 0 saturated carbocycles. The molecule has 3 nitrogen and oxygen atoms in total. The lowest BCUT2D eigenvalue weighted by Gasteiger charge is -2.27. The molecule has 114 valence electrons. The summed E-state index contributed by atoms with van der Waals surface area (Å²) in [6.45, 7) is 7.62. The molecule has 0 amide bonds. The average Bonchev–Trinajstić information content (AvgIpc) is 2.46. The van der Waals surface area contributed by atoms with Crippen molar-refractivity contribution < 1.29 is 13.9 Å². The molecule has 0 saturated heterocycles. The summed E-state index contributed by atoms with van der Waals surface area (Å²) in [5.74, 6) is 0.0199. The number of ether oxygens (including phenoxy) is 2. The highest BCUT2D eigenvalue weighted by Crippen LogP contribution is 2.22. The van der Waals surface area contributed by atoms with Crippen molar-refractivity contribution in [3.05, 3.63) is 29.6 Å². The van der Waals surface area contributed by atoms with Crippen LogP contribution < -0.4 is 10.1 Å². The molecule has 20 heavy (non-hydrogen) atoms. The number of halogens is 1. The maximum atomic E-state index is 14.2. The van der Waals surface area contributed by atoms with Crippen LogP contribution in [0.1, 0.15) is 32.8 Å². The van der Waals surface area contributed by atoms with E-state index in [9.17, 15) is 4.39 Å². The summed E-state index contributed by atoms with van der Waals surface area (Å²) < 4.78 is 25.0. The third-order valence-electron chi connectivity index (χ3n) is 3.40. The van der Waals surface area contributed by atoms with E-state index in [0.29, 0.717) is 24.3 Å². The molecule has 4 heteroatoms. The van der Waals surface area contributed by atoms with Crippen molar-refractivity contribution in [3.63, 3.8) is 0 Å². The fourth-order valence-electron chi connectivity index (χ4n) is 2.44. The second-order valence-corrected chi connectivity index (χ2v) is 4.70. The zero-order valence-corrected chi connectivity index (χ0v) is 12.9. The van der Waals surface area contributed by atoms with Gasteiger partial charge in [0.1, 0.15) is 0 Å². The van der Waals surface area contributed by atoms with Crippen LogP contribution in [-0.2, 0) is 11.2 Å². The Morgan fingerprint density at radius 2 is 2.00 bits per heavy atom. The third kappa shape index (κ3) is 4.46. The smallest absolute Gasteiger partial charge is 0.168 e. The van der Waals surface area contributed by atoms with Gasteiger partial charge in [0.2, 0.25) is 0 Å². The molecule has 0 bridgehead atoms. The molecule has 0 aliphatic heterocycles. The lowest BCUT2D eigenvalue weighted by atomic mass is 9.98. The largest absolute Gasteiger partial charge is 0.494 e. The zero-order chi connectivity index (χ0) is 15.0. The summed E-state index contributed by atoms with van der Waals surface area (Å²) in [6, 6.07) is 5.37. The SMILES string of the molecule is CCNC(Cc1cccc(OC)c1F)C(CC)OCC. The molecule has 0 aliphatic rings. The zero-order valence-electron chi connectivity index (χ0n) is 12.9. The van der Waals surface area contributed by atoms with E-state index >= 15 is 0 Å². The van der Waals surface area contributed by atoms with E-state index in [-0.39, 0.29) is 18.0 Å². The van der Waals surface area contributed by atoms with E-state index in [1.165, 1.54) is 7.11 Å². The van der Waals surface area contributed by atoms with Crippen LogP contribution in [0.15, 0.2) is 18.2 Å². The predicted molar refractivity (Wildman–Crippen MR) is 79.8 cm³/mol. The fourth-order valence-corrected chi connectivity index (χ4v) is 2.44. The number of methoxy groups -OCH3 is 1. The van der Waals surface area contributed by atoms with Crippen LogP contribution in [0.2, 0.25) is 0 Å². The summed E-state index contributed by atoms with van der Waals surface area (Å²) in [7, 11) is 1.49. The molecule has 0 aliphatic carbocycles. The van der Waals surface area contributed by atoms with Gasteiger partial charge in [-0.2, -0.15) is 0 Å². The van der Waals surface area contributed by atoms with Crippen LogP contribution in [0.3, 0.4) is 0 Å². The first-order valence-corrected chi connectivity index (χ1v) is 7.34. The Labute approximate surface area is 121 Å². The van der Waals surface area contributed by atoms with Gasteiger partial charge in [-0.15, -0.1) is 0 Å². The van der Waals surface area contributed by atoms with Gasteiger partial charge in [-0.25, -0.2) is 4.39 Å². The predicted octanol–water partition coefficient (Wildman–Crippen LogP) is 3.17. The summed E-state index contributed by atoms with van der Waals surface area (Å²) >= 11 is 0. The van der Waals surface area contributed by atoms with Gasteiger partial charge in [0, 0.05) is 12.6 Å². The molecule has 0 fully saturated rings. The molecule has 0 aromatic heterocycles. The first-order chi connectivity index (χ1) is 9.67. The van der Waals surface area contributed by atoms with Crippen molar-refractivity contribution in [2.75, 3.05) is 20.3 Å². The number of benzene rings is 1. The first kappa shape index (κ1) is 16.9. The number of likely N-dealkylation sites (N-methyl/N-ethyl adjacent to an activating group) is 1. The van der Waals surface area contributed by atoms with Gasteiger partial charge in [0.25, 0.3) is 0 Å². The van der Waals surface area contributed by atoms with Crippen molar-refractivity contribution >= 4 is 0 Å². The number of rotatable bonds is 9. The summed E-state index contributed by atoms with van der Waals surface area (Å²) in [4.78, 5) is 0. The molecule has 2 atom stereocenters. The Morgan fingerprint density at radius 3 is 2.55 bits per heavy atom. The molecule has 1 aromatic carbocycles. The molecule has 0 heterocycles. The van der Waals surface area contributed by atoms with Crippen LogP contribution in [0.5, 0.6) is 5.75 Å². The second-order valence-electron chi connectivity index (χ2n) is 4.70. The van der Waals surface area contributed by atoms with Crippen LogP contribution >= 0.6 is 0 Å². The lowest BCUT2D eigenvalue weighted by molar-refractivity contribution is 0.0321. The molecule has 1 N–H and O–H groups in total. The molecule has 0 radical (unpaired) electrons. The second kappa shape index (κ2) is 8.93. The van der Waals surface area contributed by atoms with Gasteiger partial charge < -0.3 is 14.8 Å². The maximum absolute atomic E-state index is 14.2. The van der Waals surface area contributed by atoms with E-state index in [1.807, 2.05) is 19.9 Å². The summed E-state index contributed by atoms with van der Waals surface area (Å²) in [6.07, 6.45) is 1.58. The Hall–Kier alpha value is -1.13. The molecular formula is C16H26FNO2. The molecule has 2 unspecified atom stereocenters. The van der Waals surface area contributed by atoms with Crippen molar-refractivity contribution in [2.45, 2.75) is 45.8 Å². The van der Waals surface area contributed by atoms with Crippen molar-refractivity contribution in [2.24, 2.45) is 0 Å². The summed E-state index contributed by atoms with van der Waals surface area (Å²) in [5, 5.41) is 3.40. The van der Waals surface area contributed by atoms with Crippen LogP contribution in [0.25, 0.3) is 0 Å². The van der Waals surface area contributed by atoms with Gasteiger partial charge in [0.05, 0.1) is 13.2 Å². The van der Waals surface area contributed by atoms with Crippen LogP contribution in [-0.4, -0.2) is 32.4 Å². The monoisotopic (exact) mass is 283 g/mol. The number of nitrogens with one attached hydrogen (secondary N) is 1. The van der Waals surface area contributed by atoms with E-state index < -0.39 is 0 Å². The third-order valence-corrected chi connectivity index (χ3v) is 3.40. The Kier molecular flexibility index (Phi) is 7.55. The van der Waals surface area contributed by atoms with Crippen LogP contribution in [0.4, 0.5) is 4.39 Å². The molecule has 0 spiro atoms. The maximum Gasteiger partial charge on any atom is 0.168 e. The Balaban J connectivity index is 2.89. The van der Waals surface area contributed by atoms with Gasteiger partial charge in [0.15, 0.2) is 11.6 Å². The van der Waals surface area contributed by atoms with Gasteiger partial charge in [-0.05, 0) is 37.9 Å². The van der Waals surface area contributed by atoms with Gasteiger partial charge in [-0.1, -0.05) is 26.0 Å². The van der Waals surface area contributed by atoms with Crippen LogP contribution in [0, 0.1) is 5.82 Å². The van der Waals surface area contributed by atoms with E-state index in [2.05, 4.69) is 12.2 Å². The normalized spacial score (nSPS) is 14.1. The standard InChI is InChI=1S/C16H26FNO2/c1-5-14(20-7-3)13(18-6-2)11-12-9-8-10-15(19-4)16(12)17/h8-10,13-14,18H,5-7,11H2,1-4H3. The minimum Gasteiger partial charge on any atom is -0.494 e. The highest BCUT2D eigenvalue weighted by Gasteiger charge is 2.22. The first-order valence-electron chi connectivity index (χ1n) is 7.34. The highest BCUT2D eigenvalue weighted by molar-refractivity contribution is 5.31. The van der Waals surface area contributed by atoms with Crippen molar-refractivity contribution in [1.29, 1.82) is 0 Å². The van der Waals surface area contributed by atoms with Crippen molar-refractivity contribution in [1.82, 2.24) is 5.32 Å². The highest BCUT2D eigenvalue weighted by atomic mass is 19.1. The summed E-state index contributed by atoms with van der Waals surface area (Å²) in [5.41, 5.74) is 0.661. The van der Waals surface area contributed by atoms with Gasteiger partial charge >= 0.3 is 0 Å². The number of hydrogen-bond donors (Lipinski definition) is 1. The van der Waals surface area contributed by atoms with Crippen molar-refractivity contribution in [3.8, 4) is 5.75 Å². The Bertz CT molecular complexity index is 398. The lowest BCUT2D eigenvalue weighted by Crippen LogP contribution is -2.43. The molecule has 1 rings (SSSR count). The topological polar surface area (TPSA) is 30.5 Å². The minimum atomic E-state index is -0.274. The van der Waals surface area contributed by atoms with E-state index in [0.717, 1.165) is 13.0 Å². The fraction of sp³-hybridized carbons (Fsp3) is 0.625. The minimum absolute atomic E-state index is 0.0885. The number of hydrogen-bond acceptors (Lipinski definition) is 3. The van der Waals surface area contributed by atoms with E-state index in [4.69, 9.17) is 9.47 Å². The quantitative estimate of drug-likeness (QED) is 0.755. The molecule has 1 aromatic rings. The molecular weight excluding hydrogens is 257 g/mol.